The third-order valence-corrected chi connectivity index (χ3v) is 4.12. The van der Waals surface area contributed by atoms with E-state index in [0.717, 1.165) is 9.75 Å². The molecule has 14 heavy (non-hydrogen) atoms. The molecule has 1 atom stereocenters. The third kappa shape index (κ3) is 4.00. The molecule has 1 unspecified atom stereocenters. The van der Waals surface area contributed by atoms with Crippen LogP contribution in [0.3, 0.4) is 0 Å². The molecule has 0 amide bonds. The first-order valence-electron chi connectivity index (χ1n) is 4.15. The van der Waals surface area contributed by atoms with Gasteiger partial charge in [-0.15, -0.1) is 11.3 Å². The Bertz CT molecular complexity index is 292. The summed E-state index contributed by atoms with van der Waals surface area (Å²) >= 11 is 4.79. The number of hydrogen-bond donors (Lipinski definition) is 0. The summed E-state index contributed by atoms with van der Waals surface area (Å²) in [6, 6.07) is 3.79. The van der Waals surface area contributed by atoms with Gasteiger partial charge in [-0.1, -0.05) is 15.9 Å². The van der Waals surface area contributed by atoms with Gasteiger partial charge >= 0.3 is 6.18 Å². The molecule has 0 aliphatic heterocycles. The van der Waals surface area contributed by atoms with Crippen molar-refractivity contribution in [1.82, 2.24) is 0 Å². The molecule has 0 fully saturated rings. The van der Waals surface area contributed by atoms with E-state index < -0.39 is 12.6 Å². The summed E-state index contributed by atoms with van der Waals surface area (Å²) < 4.78 is 35.8. The SMILES string of the molecule is Cc1ccc(C(Br)CCC(F)(F)F)s1. The minimum absolute atomic E-state index is 0.101. The Labute approximate surface area is 93.3 Å². The molecular formula is C9H10BrF3S. The van der Waals surface area contributed by atoms with Gasteiger partial charge in [-0.05, 0) is 25.5 Å². The number of hydrogen-bond acceptors (Lipinski definition) is 1. The van der Waals surface area contributed by atoms with Crippen LogP contribution in [0.2, 0.25) is 0 Å². The quantitative estimate of drug-likeness (QED) is 0.698. The van der Waals surface area contributed by atoms with Crippen molar-refractivity contribution in [2.24, 2.45) is 0 Å². The van der Waals surface area contributed by atoms with Crippen molar-refractivity contribution in [3.8, 4) is 0 Å². The average molecular weight is 287 g/mol. The molecule has 0 nitrogen and oxygen atoms in total. The van der Waals surface area contributed by atoms with Gasteiger partial charge in [-0.2, -0.15) is 13.2 Å². The molecule has 0 radical (unpaired) electrons. The van der Waals surface area contributed by atoms with Gasteiger partial charge < -0.3 is 0 Å². The minimum Gasteiger partial charge on any atom is -0.171 e. The molecular weight excluding hydrogens is 277 g/mol. The lowest BCUT2D eigenvalue weighted by atomic mass is 10.2. The summed E-state index contributed by atoms with van der Waals surface area (Å²) in [5, 5.41) is 0. The first-order valence-corrected chi connectivity index (χ1v) is 5.89. The topological polar surface area (TPSA) is 0 Å². The zero-order chi connectivity index (χ0) is 10.8. The Balaban J connectivity index is 2.47. The van der Waals surface area contributed by atoms with Crippen molar-refractivity contribution in [2.45, 2.75) is 30.8 Å². The highest BCUT2D eigenvalue weighted by Gasteiger charge is 2.28. The highest BCUT2D eigenvalue weighted by molar-refractivity contribution is 9.09. The second-order valence-electron chi connectivity index (χ2n) is 3.07. The lowest BCUT2D eigenvalue weighted by molar-refractivity contribution is -0.135. The molecule has 1 heterocycles. The smallest absolute Gasteiger partial charge is 0.171 e. The zero-order valence-corrected chi connectivity index (χ0v) is 9.97. The summed E-state index contributed by atoms with van der Waals surface area (Å²) in [5.74, 6) is 0. The van der Waals surface area contributed by atoms with Crippen LogP contribution in [0.15, 0.2) is 12.1 Å². The van der Waals surface area contributed by atoms with Crippen LogP contribution >= 0.6 is 27.3 Å². The van der Waals surface area contributed by atoms with E-state index in [1.165, 1.54) is 11.3 Å². The Morgan fingerprint density at radius 1 is 1.43 bits per heavy atom. The maximum atomic E-state index is 11.9. The summed E-state index contributed by atoms with van der Waals surface area (Å²) in [6.07, 6.45) is -4.69. The monoisotopic (exact) mass is 286 g/mol. The van der Waals surface area contributed by atoms with Crippen molar-refractivity contribution in [3.05, 3.63) is 21.9 Å². The van der Waals surface area contributed by atoms with Crippen LogP contribution in [0, 0.1) is 6.92 Å². The van der Waals surface area contributed by atoms with Crippen LogP contribution < -0.4 is 0 Å². The molecule has 0 saturated carbocycles. The normalized spacial score (nSPS) is 14.4. The molecule has 0 N–H and O–H groups in total. The first kappa shape index (κ1) is 12.0. The summed E-state index contributed by atoms with van der Waals surface area (Å²) in [5.41, 5.74) is 0. The van der Waals surface area contributed by atoms with Crippen LogP contribution in [-0.2, 0) is 0 Å². The van der Waals surface area contributed by atoms with E-state index in [-0.39, 0.29) is 11.2 Å². The molecule has 80 valence electrons. The summed E-state index contributed by atoms with van der Waals surface area (Å²) in [4.78, 5) is 1.91. The van der Waals surface area contributed by atoms with E-state index in [4.69, 9.17) is 0 Å². The molecule has 0 aromatic carbocycles. The van der Waals surface area contributed by atoms with Crippen molar-refractivity contribution < 1.29 is 13.2 Å². The first-order chi connectivity index (χ1) is 6.38. The molecule has 0 aliphatic rings. The van der Waals surface area contributed by atoms with E-state index in [0.29, 0.717) is 0 Å². The standard InChI is InChI=1S/C9H10BrF3S/c1-6-2-3-8(14-6)7(10)4-5-9(11,12)13/h2-3,7H,4-5H2,1H3. The third-order valence-electron chi connectivity index (χ3n) is 1.75. The molecule has 0 aliphatic carbocycles. The molecule has 0 bridgehead atoms. The number of thiophene rings is 1. The maximum Gasteiger partial charge on any atom is 0.389 e. The van der Waals surface area contributed by atoms with Crippen LogP contribution in [0.4, 0.5) is 13.2 Å². The van der Waals surface area contributed by atoms with Gasteiger partial charge in [-0.25, -0.2) is 0 Å². The Morgan fingerprint density at radius 3 is 2.50 bits per heavy atom. The van der Waals surface area contributed by atoms with Crippen molar-refractivity contribution >= 4 is 27.3 Å². The van der Waals surface area contributed by atoms with Crippen molar-refractivity contribution in [2.75, 3.05) is 0 Å². The fraction of sp³-hybridized carbons (Fsp3) is 0.556. The van der Waals surface area contributed by atoms with Crippen LogP contribution in [0.1, 0.15) is 27.4 Å². The predicted molar refractivity (Wildman–Crippen MR) is 56.0 cm³/mol. The highest BCUT2D eigenvalue weighted by Crippen LogP contribution is 2.35. The van der Waals surface area contributed by atoms with E-state index >= 15 is 0 Å². The van der Waals surface area contributed by atoms with Gasteiger partial charge in [-0.3, -0.25) is 0 Å². The van der Waals surface area contributed by atoms with Gasteiger partial charge in [0.15, 0.2) is 0 Å². The zero-order valence-electron chi connectivity index (χ0n) is 7.57. The minimum atomic E-state index is -4.06. The lowest BCUT2D eigenvalue weighted by Crippen LogP contribution is -2.07. The lowest BCUT2D eigenvalue weighted by Gasteiger charge is -2.09. The average Bonchev–Trinajstić information content (AvgIpc) is 2.46. The van der Waals surface area contributed by atoms with Gasteiger partial charge in [0.05, 0.1) is 0 Å². The Kier molecular flexibility index (Phi) is 4.01. The number of halogens is 4. The van der Waals surface area contributed by atoms with Crippen molar-refractivity contribution in [3.63, 3.8) is 0 Å². The Morgan fingerprint density at radius 2 is 2.07 bits per heavy atom. The molecule has 5 heteroatoms. The summed E-state index contributed by atoms with van der Waals surface area (Å²) in [6.45, 7) is 1.94. The fourth-order valence-electron chi connectivity index (χ4n) is 1.05. The molecule has 1 aromatic rings. The highest BCUT2D eigenvalue weighted by atomic mass is 79.9. The van der Waals surface area contributed by atoms with E-state index in [2.05, 4.69) is 15.9 Å². The van der Waals surface area contributed by atoms with E-state index in [1.807, 2.05) is 19.1 Å². The maximum absolute atomic E-state index is 11.9. The molecule has 1 rings (SSSR count). The largest absolute Gasteiger partial charge is 0.389 e. The molecule has 0 spiro atoms. The van der Waals surface area contributed by atoms with Gasteiger partial charge in [0.2, 0.25) is 0 Å². The fourth-order valence-corrected chi connectivity index (χ4v) is 2.61. The Hall–Kier alpha value is -0.0300. The van der Waals surface area contributed by atoms with Crippen LogP contribution in [0.25, 0.3) is 0 Å². The number of rotatable bonds is 3. The number of alkyl halides is 4. The second-order valence-corrected chi connectivity index (χ2v) is 5.49. The van der Waals surface area contributed by atoms with Gasteiger partial charge in [0, 0.05) is 21.0 Å². The second kappa shape index (κ2) is 4.66. The molecule has 1 aromatic heterocycles. The summed E-state index contributed by atoms with van der Waals surface area (Å²) in [7, 11) is 0. The van der Waals surface area contributed by atoms with E-state index in [1.54, 1.807) is 0 Å². The van der Waals surface area contributed by atoms with Gasteiger partial charge in [0.25, 0.3) is 0 Å². The van der Waals surface area contributed by atoms with Crippen LogP contribution in [-0.4, -0.2) is 6.18 Å². The van der Waals surface area contributed by atoms with Crippen LogP contribution in [0.5, 0.6) is 0 Å². The molecule has 0 saturated heterocycles. The predicted octanol–water partition coefficient (Wildman–Crippen LogP) is 4.84. The van der Waals surface area contributed by atoms with Gasteiger partial charge in [0.1, 0.15) is 0 Å². The van der Waals surface area contributed by atoms with Crippen molar-refractivity contribution in [1.29, 1.82) is 0 Å². The number of aryl methyl sites for hydroxylation is 1. The van der Waals surface area contributed by atoms with E-state index in [9.17, 15) is 13.2 Å².